The number of nitrogens with zero attached hydrogens (tertiary/aromatic N) is 2. The van der Waals surface area contributed by atoms with Gasteiger partial charge in [-0.1, -0.05) is 0 Å². The van der Waals surface area contributed by atoms with Crippen LogP contribution < -0.4 is 0 Å². The molecule has 1 aromatic rings. The Kier molecular flexibility index (Phi) is 3.93. The van der Waals surface area contributed by atoms with Crippen molar-refractivity contribution in [1.82, 2.24) is 10.2 Å². The van der Waals surface area contributed by atoms with Crippen molar-refractivity contribution < 1.29 is 14.3 Å². The van der Waals surface area contributed by atoms with Crippen molar-refractivity contribution in [3.8, 4) is 6.07 Å². The monoisotopic (exact) mass is 289 g/mol. The molecule has 0 radical (unpaired) electrons. The summed E-state index contributed by atoms with van der Waals surface area (Å²) in [7, 11) is 0. The van der Waals surface area contributed by atoms with Crippen LogP contribution in [0.4, 0.5) is 0 Å². The highest BCUT2D eigenvalue weighted by Gasteiger charge is 2.35. The Morgan fingerprint density at radius 2 is 2.14 bits per heavy atom. The fourth-order valence-corrected chi connectivity index (χ4v) is 2.97. The molecule has 0 atom stereocenters. The fourth-order valence-electron chi connectivity index (χ4n) is 2.97. The van der Waals surface area contributed by atoms with Crippen molar-refractivity contribution in [3.63, 3.8) is 0 Å². The van der Waals surface area contributed by atoms with Crippen LogP contribution in [0.15, 0.2) is 0 Å². The minimum atomic E-state index is -0.607. The Morgan fingerprint density at radius 3 is 2.90 bits per heavy atom. The first-order valence-corrected chi connectivity index (χ1v) is 7.46. The van der Waals surface area contributed by atoms with Crippen LogP contribution in [0, 0.1) is 16.7 Å². The number of esters is 1. The predicted octanol–water partition coefficient (Wildman–Crippen LogP) is 1.77. The standard InChI is InChI=1S/C15H19N3O3/c16-9-15(5-7-20-8-6-15)10-21-14(19)13-11-3-1-2-4-12(11)17-18-13/h1-8,10H2,(H,17,18). The lowest BCUT2D eigenvalue weighted by Crippen LogP contribution is -2.33. The first kappa shape index (κ1) is 14.1. The molecule has 2 aliphatic rings. The summed E-state index contributed by atoms with van der Waals surface area (Å²) in [5, 5.41) is 16.4. The molecule has 0 aromatic carbocycles. The molecule has 3 rings (SSSR count). The van der Waals surface area contributed by atoms with Crippen molar-refractivity contribution in [2.45, 2.75) is 38.5 Å². The Labute approximate surface area is 123 Å². The van der Waals surface area contributed by atoms with Crippen LogP contribution in [0.3, 0.4) is 0 Å². The molecule has 1 saturated heterocycles. The van der Waals surface area contributed by atoms with Gasteiger partial charge in [0.15, 0.2) is 5.69 Å². The molecule has 1 fully saturated rings. The van der Waals surface area contributed by atoms with Gasteiger partial charge in [0.05, 0.1) is 11.5 Å². The van der Waals surface area contributed by atoms with Crippen LogP contribution in [0.2, 0.25) is 0 Å². The molecule has 0 bridgehead atoms. The van der Waals surface area contributed by atoms with Gasteiger partial charge in [0, 0.05) is 24.5 Å². The lowest BCUT2D eigenvalue weighted by Gasteiger charge is -2.29. The molecular formula is C15H19N3O3. The van der Waals surface area contributed by atoms with Gasteiger partial charge in [0.2, 0.25) is 0 Å². The van der Waals surface area contributed by atoms with E-state index in [2.05, 4.69) is 16.3 Å². The summed E-state index contributed by atoms with van der Waals surface area (Å²) < 4.78 is 10.7. The highest BCUT2D eigenvalue weighted by atomic mass is 16.5. The van der Waals surface area contributed by atoms with E-state index < -0.39 is 11.4 Å². The number of rotatable bonds is 3. The molecule has 1 aromatic heterocycles. The highest BCUT2D eigenvalue weighted by Crippen LogP contribution is 2.30. The van der Waals surface area contributed by atoms with Crippen molar-refractivity contribution >= 4 is 5.97 Å². The lowest BCUT2D eigenvalue weighted by atomic mass is 9.83. The van der Waals surface area contributed by atoms with E-state index in [9.17, 15) is 10.1 Å². The predicted molar refractivity (Wildman–Crippen MR) is 73.6 cm³/mol. The topological polar surface area (TPSA) is 88.0 Å². The zero-order chi connectivity index (χ0) is 14.7. The number of aryl methyl sites for hydroxylation is 1. The second-order valence-corrected chi connectivity index (χ2v) is 5.82. The van der Waals surface area contributed by atoms with E-state index in [1.54, 1.807) is 0 Å². The number of H-pyrrole nitrogens is 1. The summed E-state index contributed by atoms with van der Waals surface area (Å²) in [5.74, 6) is -0.421. The molecule has 0 saturated carbocycles. The molecule has 0 amide bonds. The van der Waals surface area contributed by atoms with E-state index in [0.29, 0.717) is 31.7 Å². The Hall–Kier alpha value is -1.87. The van der Waals surface area contributed by atoms with Crippen LogP contribution in [0.25, 0.3) is 0 Å². The average molecular weight is 289 g/mol. The van der Waals surface area contributed by atoms with Gasteiger partial charge in [-0.05, 0) is 38.5 Å². The molecule has 112 valence electrons. The minimum absolute atomic E-state index is 0.118. The van der Waals surface area contributed by atoms with Crippen molar-refractivity contribution in [2.24, 2.45) is 5.41 Å². The van der Waals surface area contributed by atoms with Crippen molar-refractivity contribution in [2.75, 3.05) is 19.8 Å². The van der Waals surface area contributed by atoms with Crippen LogP contribution in [-0.2, 0) is 22.3 Å². The smallest absolute Gasteiger partial charge is 0.359 e. The normalized spacial score (nSPS) is 20.3. The summed E-state index contributed by atoms with van der Waals surface area (Å²) in [5.41, 5.74) is 1.83. The van der Waals surface area contributed by atoms with Gasteiger partial charge in [0.25, 0.3) is 0 Å². The SMILES string of the molecule is N#CC1(COC(=O)c2n[nH]c3c2CCCC3)CCOCC1. The summed E-state index contributed by atoms with van der Waals surface area (Å²) in [6, 6.07) is 2.29. The third kappa shape index (κ3) is 2.79. The van der Waals surface area contributed by atoms with Crippen molar-refractivity contribution in [1.29, 1.82) is 5.26 Å². The molecule has 0 unspecified atom stereocenters. The molecular weight excluding hydrogens is 270 g/mol. The maximum atomic E-state index is 12.2. The van der Waals surface area contributed by atoms with Gasteiger partial charge in [-0.15, -0.1) is 0 Å². The van der Waals surface area contributed by atoms with Gasteiger partial charge in [-0.25, -0.2) is 4.79 Å². The van der Waals surface area contributed by atoms with Crippen molar-refractivity contribution in [3.05, 3.63) is 17.0 Å². The summed E-state index contributed by atoms with van der Waals surface area (Å²) in [4.78, 5) is 12.2. The van der Waals surface area contributed by atoms with E-state index in [1.165, 1.54) is 0 Å². The lowest BCUT2D eigenvalue weighted by molar-refractivity contribution is -0.00502. The molecule has 1 aliphatic carbocycles. The molecule has 21 heavy (non-hydrogen) atoms. The number of aromatic amines is 1. The van der Waals surface area contributed by atoms with Gasteiger partial charge in [-0.3, -0.25) is 5.10 Å². The van der Waals surface area contributed by atoms with Gasteiger partial charge in [0.1, 0.15) is 6.61 Å². The number of hydrogen-bond donors (Lipinski definition) is 1. The number of nitriles is 1. The Bertz CT molecular complexity index is 567. The van der Waals surface area contributed by atoms with E-state index in [0.717, 1.165) is 36.9 Å². The zero-order valence-electron chi connectivity index (χ0n) is 12.0. The van der Waals surface area contributed by atoms with Gasteiger partial charge < -0.3 is 9.47 Å². The summed E-state index contributed by atoms with van der Waals surface area (Å²) >= 11 is 0. The summed E-state index contributed by atoms with van der Waals surface area (Å²) in [6.45, 7) is 1.21. The Morgan fingerprint density at radius 1 is 1.38 bits per heavy atom. The van der Waals surface area contributed by atoms with E-state index in [1.807, 2.05) is 0 Å². The average Bonchev–Trinajstić information content (AvgIpc) is 2.98. The largest absolute Gasteiger partial charge is 0.459 e. The maximum Gasteiger partial charge on any atom is 0.359 e. The number of hydrogen-bond acceptors (Lipinski definition) is 5. The quantitative estimate of drug-likeness (QED) is 0.857. The second kappa shape index (κ2) is 5.86. The number of ether oxygens (including phenoxy) is 2. The molecule has 1 aliphatic heterocycles. The van der Waals surface area contributed by atoms with E-state index in [4.69, 9.17) is 9.47 Å². The third-order valence-electron chi connectivity index (χ3n) is 4.42. The van der Waals surface area contributed by atoms with Crippen LogP contribution in [0.1, 0.15) is 47.4 Å². The Balaban J connectivity index is 1.66. The molecule has 2 heterocycles. The number of carbonyl (C=O) groups excluding carboxylic acids is 1. The minimum Gasteiger partial charge on any atom is -0.459 e. The fraction of sp³-hybridized carbons (Fsp3) is 0.667. The number of carbonyl (C=O) groups is 1. The second-order valence-electron chi connectivity index (χ2n) is 5.82. The highest BCUT2D eigenvalue weighted by molar-refractivity contribution is 5.89. The first-order valence-electron chi connectivity index (χ1n) is 7.46. The van der Waals surface area contributed by atoms with Gasteiger partial charge in [-0.2, -0.15) is 10.4 Å². The molecule has 6 nitrogen and oxygen atoms in total. The van der Waals surface area contributed by atoms with Crippen LogP contribution >= 0.6 is 0 Å². The number of fused-ring (bicyclic) bond motifs is 1. The van der Waals surface area contributed by atoms with E-state index in [-0.39, 0.29) is 6.61 Å². The third-order valence-corrected chi connectivity index (χ3v) is 4.42. The van der Waals surface area contributed by atoms with Crippen LogP contribution in [0.5, 0.6) is 0 Å². The van der Waals surface area contributed by atoms with Gasteiger partial charge >= 0.3 is 5.97 Å². The van der Waals surface area contributed by atoms with E-state index >= 15 is 0 Å². The maximum absolute atomic E-state index is 12.2. The number of nitrogens with one attached hydrogen (secondary N) is 1. The molecule has 0 spiro atoms. The zero-order valence-corrected chi connectivity index (χ0v) is 12.0. The summed E-state index contributed by atoms with van der Waals surface area (Å²) in [6.07, 6.45) is 5.22. The molecule has 6 heteroatoms. The molecule has 1 N–H and O–H groups in total. The first-order chi connectivity index (χ1) is 10.2. The van der Waals surface area contributed by atoms with Crippen LogP contribution in [-0.4, -0.2) is 36.0 Å². The number of aromatic nitrogens is 2.